The first-order chi connectivity index (χ1) is 10.9. The Morgan fingerprint density at radius 1 is 0.958 bits per heavy atom. The van der Waals surface area contributed by atoms with Crippen LogP contribution in [0.2, 0.25) is 16.6 Å². The summed E-state index contributed by atoms with van der Waals surface area (Å²) in [7, 11) is -5.93. The van der Waals surface area contributed by atoms with Crippen LogP contribution < -0.4 is 0 Å². The van der Waals surface area contributed by atoms with Crippen molar-refractivity contribution < 1.29 is 13.3 Å². The lowest BCUT2D eigenvalue weighted by Gasteiger charge is -2.37. The monoisotopic (exact) mass is 367 g/mol. The number of non-ortho nitro benzene ring substituents is 1. The van der Waals surface area contributed by atoms with E-state index in [0.29, 0.717) is 16.6 Å². The van der Waals surface area contributed by atoms with Gasteiger partial charge in [0.1, 0.15) is 8.07 Å². The van der Waals surface area contributed by atoms with Crippen LogP contribution in [0.25, 0.3) is 0 Å². The van der Waals surface area contributed by atoms with E-state index in [2.05, 4.69) is 52.3 Å². The second-order valence-electron chi connectivity index (χ2n) is 6.88. The smallest absolute Gasteiger partial charge is 0.258 e. The van der Waals surface area contributed by atoms with E-state index in [-0.39, 0.29) is 10.6 Å². The number of hydrogen-bond acceptors (Lipinski definition) is 4. The van der Waals surface area contributed by atoms with Gasteiger partial charge in [-0.25, -0.2) is 8.42 Å². The first-order valence-corrected chi connectivity index (χ1v) is 11.7. The Bertz CT molecular complexity index is 734. The van der Waals surface area contributed by atoms with Gasteiger partial charge in [-0.3, -0.25) is 10.1 Å². The molecule has 0 spiro atoms. The van der Waals surface area contributed by atoms with E-state index >= 15 is 0 Å². The Balaban J connectivity index is 3.36. The largest absolute Gasteiger partial charge is 0.269 e. The molecule has 24 heavy (non-hydrogen) atoms. The maximum atomic E-state index is 12.5. The Morgan fingerprint density at radius 3 is 1.71 bits per heavy atom. The van der Waals surface area contributed by atoms with Crippen LogP contribution in [0.3, 0.4) is 0 Å². The Labute approximate surface area is 145 Å². The van der Waals surface area contributed by atoms with Crippen molar-refractivity contribution >= 4 is 23.6 Å². The van der Waals surface area contributed by atoms with Gasteiger partial charge < -0.3 is 0 Å². The van der Waals surface area contributed by atoms with Crippen molar-refractivity contribution in [3.05, 3.63) is 34.4 Å². The minimum Gasteiger partial charge on any atom is -0.258 e. The highest BCUT2D eigenvalue weighted by molar-refractivity contribution is 7.96. The van der Waals surface area contributed by atoms with Gasteiger partial charge in [0.25, 0.3) is 5.69 Å². The fourth-order valence-electron chi connectivity index (χ4n) is 3.39. The molecule has 5 nitrogen and oxygen atoms in total. The predicted molar refractivity (Wildman–Crippen MR) is 99.1 cm³/mol. The lowest BCUT2D eigenvalue weighted by Crippen LogP contribution is -2.43. The molecular formula is C17H25NO4SSi. The molecule has 0 saturated carbocycles. The van der Waals surface area contributed by atoms with E-state index in [4.69, 9.17) is 0 Å². The molecule has 0 amide bonds. The van der Waals surface area contributed by atoms with E-state index in [1.165, 1.54) is 24.3 Å². The van der Waals surface area contributed by atoms with Crippen molar-refractivity contribution in [2.75, 3.05) is 0 Å². The Morgan fingerprint density at radius 2 is 1.38 bits per heavy atom. The van der Waals surface area contributed by atoms with Crippen LogP contribution >= 0.6 is 0 Å². The lowest BCUT2D eigenvalue weighted by molar-refractivity contribution is -0.384. The van der Waals surface area contributed by atoms with Crippen molar-refractivity contribution in [1.82, 2.24) is 0 Å². The fourth-order valence-corrected chi connectivity index (χ4v) is 10.1. The summed E-state index contributed by atoms with van der Waals surface area (Å²) in [5.74, 6) is 0. The number of nitro benzene ring substituents is 1. The quantitative estimate of drug-likeness (QED) is 0.331. The van der Waals surface area contributed by atoms with E-state index in [1.54, 1.807) is 0 Å². The third-order valence-corrected chi connectivity index (χ3v) is 12.4. The maximum absolute atomic E-state index is 12.5. The zero-order valence-corrected chi connectivity index (χ0v) is 16.8. The van der Waals surface area contributed by atoms with Crippen LogP contribution in [-0.2, 0) is 9.84 Å². The highest BCUT2D eigenvalue weighted by atomic mass is 32.2. The third-order valence-electron chi connectivity index (χ3n) is 4.63. The second-order valence-corrected chi connectivity index (χ2v) is 14.1. The molecule has 0 unspecified atom stereocenters. The fraction of sp³-hybridized carbons (Fsp3) is 0.529. The average Bonchev–Trinajstić information content (AvgIpc) is 2.46. The van der Waals surface area contributed by atoms with Gasteiger partial charge in [0.05, 0.1) is 9.82 Å². The van der Waals surface area contributed by atoms with Crippen LogP contribution in [-0.4, -0.2) is 21.4 Å². The summed E-state index contributed by atoms with van der Waals surface area (Å²) in [5.41, 5.74) is 4.03. The van der Waals surface area contributed by atoms with Gasteiger partial charge in [0.2, 0.25) is 9.84 Å². The summed E-state index contributed by atoms with van der Waals surface area (Å²) in [6.45, 7) is 12.7. The van der Waals surface area contributed by atoms with Gasteiger partial charge in [0.15, 0.2) is 0 Å². The van der Waals surface area contributed by atoms with Gasteiger partial charge in [0, 0.05) is 17.4 Å². The molecule has 1 rings (SSSR count). The van der Waals surface area contributed by atoms with E-state index in [9.17, 15) is 18.5 Å². The molecule has 0 aromatic heterocycles. The number of hydrogen-bond donors (Lipinski definition) is 0. The molecule has 0 aliphatic rings. The highest BCUT2D eigenvalue weighted by Crippen LogP contribution is 2.40. The van der Waals surface area contributed by atoms with Crippen molar-refractivity contribution in [2.45, 2.75) is 63.1 Å². The van der Waals surface area contributed by atoms with Crippen LogP contribution in [0.4, 0.5) is 5.69 Å². The topological polar surface area (TPSA) is 77.3 Å². The van der Waals surface area contributed by atoms with Crippen molar-refractivity contribution in [3.8, 4) is 10.8 Å². The molecule has 0 radical (unpaired) electrons. The molecule has 132 valence electrons. The van der Waals surface area contributed by atoms with Crippen LogP contribution in [0, 0.1) is 20.9 Å². The molecule has 1 aromatic rings. The molecule has 7 heteroatoms. The van der Waals surface area contributed by atoms with E-state index < -0.39 is 22.8 Å². The van der Waals surface area contributed by atoms with Gasteiger partial charge in [-0.2, -0.15) is 0 Å². The summed E-state index contributed by atoms with van der Waals surface area (Å²) in [6, 6.07) is 4.86. The third kappa shape index (κ3) is 4.05. The Hall–Kier alpha value is -1.65. The number of rotatable bonds is 5. The molecule has 0 heterocycles. The average molecular weight is 368 g/mol. The standard InChI is InChI=1S/C17H25NO4SSi/c1-13(2)24(14(3)4,15(5)6)12-11-23(21,22)17-9-7-16(8-10-17)18(19)20/h7-10,13-15H,1-6H3. The van der Waals surface area contributed by atoms with Gasteiger partial charge in [-0.05, 0) is 28.8 Å². The molecular weight excluding hydrogens is 342 g/mol. The highest BCUT2D eigenvalue weighted by Gasteiger charge is 2.42. The van der Waals surface area contributed by atoms with Crippen LogP contribution in [0.5, 0.6) is 0 Å². The number of nitrogens with zero attached hydrogens (tertiary/aromatic N) is 1. The number of benzene rings is 1. The number of nitro groups is 1. The molecule has 0 aliphatic heterocycles. The van der Waals surface area contributed by atoms with Crippen molar-refractivity contribution in [2.24, 2.45) is 0 Å². The van der Waals surface area contributed by atoms with Gasteiger partial charge in [-0.15, -0.1) is 5.54 Å². The summed E-state index contributed by atoms with van der Waals surface area (Å²) in [4.78, 5) is 10.1. The molecule has 0 atom stereocenters. The SMILES string of the molecule is CC(C)[Si](C#CS(=O)(=O)c1ccc([N+](=O)[O-])cc1)(C(C)C)C(C)C. The normalized spacial score (nSPS) is 12.4. The minimum absolute atomic E-state index is 0.000214. The molecule has 0 N–H and O–H groups in total. The number of sulfone groups is 1. The van der Waals surface area contributed by atoms with Crippen LogP contribution in [0.1, 0.15) is 41.5 Å². The Kier molecular flexibility index (Phi) is 6.36. The zero-order valence-electron chi connectivity index (χ0n) is 15.0. The van der Waals surface area contributed by atoms with E-state index in [1.807, 2.05) is 0 Å². The zero-order chi connectivity index (χ0) is 18.7. The minimum atomic E-state index is -3.79. The molecule has 0 fully saturated rings. The first-order valence-electron chi connectivity index (χ1n) is 7.98. The molecule has 0 aliphatic carbocycles. The first kappa shape index (κ1) is 20.4. The molecule has 1 aromatic carbocycles. The summed E-state index contributed by atoms with van der Waals surface area (Å²) in [5, 5.41) is 13.2. The van der Waals surface area contributed by atoms with Crippen LogP contribution in [0.15, 0.2) is 29.2 Å². The summed E-state index contributed by atoms with van der Waals surface area (Å²) >= 11 is 0. The van der Waals surface area contributed by atoms with Gasteiger partial charge >= 0.3 is 0 Å². The molecule has 0 bridgehead atoms. The summed E-state index contributed by atoms with van der Waals surface area (Å²) in [6.07, 6.45) is 0. The van der Waals surface area contributed by atoms with Crippen molar-refractivity contribution in [3.63, 3.8) is 0 Å². The van der Waals surface area contributed by atoms with Crippen molar-refractivity contribution in [1.29, 1.82) is 0 Å². The van der Waals surface area contributed by atoms with Gasteiger partial charge in [-0.1, -0.05) is 41.5 Å². The predicted octanol–water partition coefficient (Wildman–Crippen LogP) is 4.55. The lowest BCUT2D eigenvalue weighted by atomic mass is 10.3. The maximum Gasteiger partial charge on any atom is 0.269 e. The van der Waals surface area contributed by atoms with E-state index in [0.717, 1.165) is 0 Å². The molecule has 0 saturated heterocycles. The summed E-state index contributed by atoms with van der Waals surface area (Å²) < 4.78 is 25.0. The second kappa shape index (κ2) is 7.49.